The Labute approximate surface area is 127 Å². The molecule has 0 atom stereocenters. The number of amides is 1. The van der Waals surface area contributed by atoms with Crippen molar-refractivity contribution in [1.82, 2.24) is 4.90 Å². The summed E-state index contributed by atoms with van der Waals surface area (Å²) in [5.41, 5.74) is 6.78. The van der Waals surface area contributed by atoms with Gasteiger partial charge in [0.2, 0.25) is 0 Å². The maximum Gasteiger partial charge on any atom is 0.255 e. The second-order valence-corrected chi connectivity index (χ2v) is 6.42. The molecular formula is C15H15ClN2OS. The van der Waals surface area contributed by atoms with Crippen molar-refractivity contribution in [2.24, 2.45) is 0 Å². The molecule has 1 fully saturated rings. The number of hydrogen-bond acceptors (Lipinski definition) is 3. The molecule has 0 spiro atoms. The number of carbonyl (C=O) groups is 1. The third kappa shape index (κ3) is 2.81. The van der Waals surface area contributed by atoms with Crippen LogP contribution < -0.4 is 5.73 Å². The van der Waals surface area contributed by atoms with E-state index in [0.717, 1.165) is 12.8 Å². The first-order valence-corrected chi connectivity index (χ1v) is 7.79. The summed E-state index contributed by atoms with van der Waals surface area (Å²) in [5.74, 6) is -0.00843. The molecule has 1 aliphatic rings. The number of rotatable bonds is 4. The molecule has 1 aliphatic carbocycles. The minimum Gasteiger partial charge on any atom is -0.399 e. The Kier molecular flexibility index (Phi) is 3.68. The van der Waals surface area contributed by atoms with E-state index < -0.39 is 0 Å². The fourth-order valence-corrected chi connectivity index (χ4v) is 3.16. The summed E-state index contributed by atoms with van der Waals surface area (Å²) in [6.07, 6.45) is 2.15. The van der Waals surface area contributed by atoms with Crippen molar-refractivity contribution in [3.63, 3.8) is 0 Å². The van der Waals surface area contributed by atoms with Crippen LogP contribution in [0.4, 0.5) is 5.69 Å². The first kappa shape index (κ1) is 13.5. The van der Waals surface area contributed by atoms with Gasteiger partial charge < -0.3 is 10.6 Å². The van der Waals surface area contributed by atoms with Crippen LogP contribution in [0.5, 0.6) is 0 Å². The van der Waals surface area contributed by atoms with Crippen LogP contribution in [0.15, 0.2) is 35.7 Å². The molecule has 1 saturated carbocycles. The topological polar surface area (TPSA) is 46.3 Å². The number of halogens is 1. The fourth-order valence-electron chi connectivity index (χ4n) is 2.18. The van der Waals surface area contributed by atoms with E-state index in [9.17, 15) is 4.79 Å². The fraction of sp³-hybridized carbons (Fsp3) is 0.267. The number of hydrogen-bond donors (Lipinski definition) is 1. The lowest BCUT2D eigenvalue weighted by molar-refractivity contribution is 0.0732. The molecule has 0 unspecified atom stereocenters. The average Bonchev–Trinajstić information content (AvgIpc) is 3.12. The van der Waals surface area contributed by atoms with Gasteiger partial charge >= 0.3 is 0 Å². The predicted octanol–water partition coefficient (Wildman–Crippen LogP) is 3.79. The number of nitrogen functional groups attached to an aromatic ring is 1. The number of thiophene rings is 1. The second-order valence-electron chi connectivity index (χ2n) is 4.98. The van der Waals surface area contributed by atoms with E-state index in [1.54, 1.807) is 29.5 Å². The van der Waals surface area contributed by atoms with Crippen LogP contribution >= 0.6 is 22.9 Å². The van der Waals surface area contributed by atoms with Gasteiger partial charge in [-0.05, 0) is 42.5 Å². The molecule has 1 heterocycles. The summed E-state index contributed by atoms with van der Waals surface area (Å²) >= 11 is 7.82. The Morgan fingerprint density at radius 2 is 2.20 bits per heavy atom. The van der Waals surface area contributed by atoms with Gasteiger partial charge in [-0.25, -0.2) is 0 Å². The Morgan fingerprint density at radius 3 is 2.80 bits per heavy atom. The summed E-state index contributed by atoms with van der Waals surface area (Å²) in [6.45, 7) is 0.655. The van der Waals surface area contributed by atoms with Crippen LogP contribution in [0.25, 0.3) is 0 Å². The van der Waals surface area contributed by atoms with E-state index in [1.165, 1.54) is 4.88 Å². The number of benzene rings is 1. The van der Waals surface area contributed by atoms with Gasteiger partial charge in [0.1, 0.15) is 0 Å². The average molecular weight is 307 g/mol. The SMILES string of the molecule is Nc1ccc(C(=O)N(Cc2cccs2)C2CC2)c(Cl)c1. The van der Waals surface area contributed by atoms with Crippen molar-refractivity contribution in [2.45, 2.75) is 25.4 Å². The minimum absolute atomic E-state index is 0.00843. The number of nitrogens with two attached hydrogens (primary N) is 1. The molecule has 1 aromatic heterocycles. The second kappa shape index (κ2) is 5.46. The van der Waals surface area contributed by atoms with Gasteiger partial charge in [0.05, 0.1) is 17.1 Å². The summed E-state index contributed by atoms with van der Waals surface area (Å²) in [4.78, 5) is 15.8. The predicted molar refractivity (Wildman–Crippen MR) is 83.1 cm³/mol. The van der Waals surface area contributed by atoms with Gasteiger partial charge in [0.15, 0.2) is 0 Å². The van der Waals surface area contributed by atoms with Crippen LogP contribution in [0, 0.1) is 0 Å². The third-order valence-electron chi connectivity index (χ3n) is 3.38. The maximum atomic E-state index is 12.7. The lowest BCUT2D eigenvalue weighted by atomic mass is 10.1. The smallest absolute Gasteiger partial charge is 0.255 e. The molecular weight excluding hydrogens is 292 g/mol. The summed E-state index contributed by atoms with van der Waals surface area (Å²) < 4.78 is 0. The number of anilines is 1. The Hall–Kier alpha value is -1.52. The molecule has 0 radical (unpaired) electrons. The standard InChI is InChI=1S/C15H15ClN2OS/c16-14-8-10(17)3-6-13(14)15(19)18(11-4-5-11)9-12-2-1-7-20-12/h1-3,6-8,11H,4-5,9,17H2. The first-order chi connectivity index (χ1) is 9.65. The Morgan fingerprint density at radius 1 is 1.40 bits per heavy atom. The van der Waals surface area contributed by atoms with Crippen molar-refractivity contribution in [1.29, 1.82) is 0 Å². The highest BCUT2D eigenvalue weighted by Crippen LogP contribution is 2.32. The zero-order valence-electron chi connectivity index (χ0n) is 10.9. The normalized spacial score (nSPS) is 14.2. The molecule has 1 amide bonds. The zero-order valence-corrected chi connectivity index (χ0v) is 12.5. The molecule has 2 N–H and O–H groups in total. The monoisotopic (exact) mass is 306 g/mol. The van der Waals surface area contributed by atoms with E-state index in [0.29, 0.717) is 28.9 Å². The van der Waals surface area contributed by atoms with E-state index in [1.807, 2.05) is 16.3 Å². The van der Waals surface area contributed by atoms with Crippen LogP contribution in [0.3, 0.4) is 0 Å². The van der Waals surface area contributed by atoms with E-state index >= 15 is 0 Å². The molecule has 104 valence electrons. The minimum atomic E-state index is -0.00843. The van der Waals surface area contributed by atoms with Gasteiger partial charge in [-0.15, -0.1) is 11.3 Å². The third-order valence-corrected chi connectivity index (χ3v) is 4.55. The van der Waals surface area contributed by atoms with Crippen molar-refractivity contribution < 1.29 is 4.79 Å². The molecule has 0 saturated heterocycles. The highest BCUT2D eigenvalue weighted by Gasteiger charge is 2.33. The highest BCUT2D eigenvalue weighted by molar-refractivity contribution is 7.09. The lowest BCUT2D eigenvalue weighted by Crippen LogP contribution is -2.32. The zero-order chi connectivity index (χ0) is 14.1. The largest absolute Gasteiger partial charge is 0.399 e. The van der Waals surface area contributed by atoms with Gasteiger partial charge in [0, 0.05) is 16.6 Å². The molecule has 5 heteroatoms. The van der Waals surface area contributed by atoms with E-state index in [2.05, 4.69) is 6.07 Å². The van der Waals surface area contributed by atoms with Crippen molar-refractivity contribution in [3.05, 3.63) is 51.2 Å². The van der Waals surface area contributed by atoms with Crippen molar-refractivity contribution in [2.75, 3.05) is 5.73 Å². The molecule has 1 aromatic carbocycles. The number of nitrogens with zero attached hydrogens (tertiary/aromatic N) is 1. The molecule has 3 nitrogen and oxygen atoms in total. The number of carbonyl (C=O) groups excluding carboxylic acids is 1. The summed E-state index contributed by atoms with van der Waals surface area (Å²) in [7, 11) is 0. The van der Waals surface area contributed by atoms with E-state index in [-0.39, 0.29) is 5.91 Å². The summed E-state index contributed by atoms with van der Waals surface area (Å²) in [5, 5.41) is 2.45. The van der Waals surface area contributed by atoms with Crippen LogP contribution in [0.2, 0.25) is 5.02 Å². The van der Waals surface area contributed by atoms with Gasteiger partial charge in [-0.3, -0.25) is 4.79 Å². The van der Waals surface area contributed by atoms with Crippen LogP contribution in [0.1, 0.15) is 28.1 Å². The molecule has 20 heavy (non-hydrogen) atoms. The van der Waals surface area contributed by atoms with Crippen molar-refractivity contribution in [3.8, 4) is 0 Å². The van der Waals surface area contributed by atoms with E-state index in [4.69, 9.17) is 17.3 Å². The van der Waals surface area contributed by atoms with Gasteiger partial charge in [-0.1, -0.05) is 17.7 Å². The highest BCUT2D eigenvalue weighted by atomic mass is 35.5. The van der Waals surface area contributed by atoms with Gasteiger partial charge in [0.25, 0.3) is 5.91 Å². The first-order valence-electron chi connectivity index (χ1n) is 6.53. The van der Waals surface area contributed by atoms with Crippen LogP contribution in [-0.4, -0.2) is 16.8 Å². The van der Waals surface area contributed by atoms with Gasteiger partial charge in [-0.2, -0.15) is 0 Å². The molecule has 0 aliphatic heterocycles. The Bertz CT molecular complexity index is 623. The molecule has 2 aromatic rings. The quantitative estimate of drug-likeness (QED) is 0.874. The molecule has 0 bridgehead atoms. The Balaban J connectivity index is 1.85. The summed E-state index contributed by atoms with van der Waals surface area (Å²) in [6, 6.07) is 9.46. The van der Waals surface area contributed by atoms with Crippen molar-refractivity contribution >= 4 is 34.5 Å². The maximum absolute atomic E-state index is 12.7. The lowest BCUT2D eigenvalue weighted by Gasteiger charge is -2.22. The molecule has 3 rings (SSSR count). The van der Waals surface area contributed by atoms with Crippen LogP contribution in [-0.2, 0) is 6.54 Å².